The van der Waals surface area contributed by atoms with Crippen molar-refractivity contribution in [3.8, 4) is 5.75 Å². The van der Waals surface area contributed by atoms with E-state index >= 15 is 0 Å². The molecule has 0 aliphatic heterocycles. The van der Waals surface area contributed by atoms with Gasteiger partial charge in [-0.2, -0.15) is 0 Å². The predicted molar refractivity (Wildman–Crippen MR) is 98.7 cm³/mol. The molecule has 11 heteroatoms. The van der Waals surface area contributed by atoms with Crippen molar-refractivity contribution in [2.24, 2.45) is 7.05 Å². The summed E-state index contributed by atoms with van der Waals surface area (Å²) in [5.74, 6) is -0.547. The van der Waals surface area contributed by atoms with Gasteiger partial charge in [0.05, 0.1) is 28.3 Å². The van der Waals surface area contributed by atoms with Gasteiger partial charge in [-0.1, -0.05) is 11.8 Å². The van der Waals surface area contributed by atoms with Crippen LogP contribution < -0.4 is 10.7 Å². The smallest absolute Gasteiger partial charge is 0.271 e. The molecule has 0 saturated carbocycles. The largest absolute Gasteiger partial charge is 0.503 e. The number of aryl methyl sites for hydroxylation is 1. The highest BCUT2D eigenvalue weighted by molar-refractivity contribution is 7.99. The number of imidazole rings is 1. The molecule has 0 aliphatic rings. The quantitative estimate of drug-likeness (QED) is 0.327. The minimum atomic E-state index is -0.511. The van der Waals surface area contributed by atoms with E-state index in [4.69, 9.17) is 0 Å². The van der Waals surface area contributed by atoms with Crippen LogP contribution in [-0.2, 0) is 18.4 Å². The lowest BCUT2D eigenvalue weighted by Crippen LogP contribution is -2.26. The highest BCUT2D eigenvalue weighted by Gasteiger charge is 2.11. The van der Waals surface area contributed by atoms with Crippen LogP contribution in [0.3, 0.4) is 0 Å². The number of amides is 1. The Morgan fingerprint density at radius 3 is 2.96 bits per heavy atom. The Labute approximate surface area is 156 Å². The van der Waals surface area contributed by atoms with Crippen molar-refractivity contribution in [2.45, 2.75) is 11.7 Å². The van der Waals surface area contributed by atoms with E-state index in [0.29, 0.717) is 21.9 Å². The summed E-state index contributed by atoms with van der Waals surface area (Å²) >= 11 is 1.16. The van der Waals surface area contributed by atoms with Crippen LogP contribution in [0.4, 0.5) is 5.69 Å². The molecular formula is C16H15N5O5S. The van der Waals surface area contributed by atoms with Crippen LogP contribution in [0.25, 0.3) is 11.0 Å². The number of pyridine rings is 1. The minimum absolute atomic E-state index is 0.0417. The first-order valence-corrected chi connectivity index (χ1v) is 8.74. The SMILES string of the molecule is Cn1cc(O)c(=O)cc1CNC(=O)CSc1nc2ccc([N+](=O)[O-])cc2[nH]1. The van der Waals surface area contributed by atoms with Crippen LogP contribution >= 0.6 is 11.8 Å². The predicted octanol–water partition coefficient (Wildman–Crippen LogP) is 1.28. The number of nitrogens with one attached hydrogen (secondary N) is 2. The third-order valence-corrected chi connectivity index (χ3v) is 4.65. The lowest BCUT2D eigenvalue weighted by molar-refractivity contribution is -0.384. The fourth-order valence-electron chi connectivity index (χ4n) is 2.36. The van der Waals surface area contributed by atoms with E-state index in [1.54, 1.807) is 17.7 Å². The van der Waals surface area contributed by atoms with E-state index in [1.165, 1.54) is 24.4 Å². The van der Waals surface area contributed by atoms with Crippen molar-refractivity contribution in [1.82, 2.24) is 19.9 Å². The van der Waals surface area contributed by atoms with Gasteiger partial charge in [0.25, 0.3) is 5.69 Å². The monoisotopic (exact) mass is 389 g/mol. The molecule has 0 atom stereocenters. The molecule has 10 nitrogen and oxygen atoms in total. The van der Waals surface area contributed by atoms with Gasteiger partial charge in [-0.3, -0.25) is 19.7 Å². The third-order valence-electron chi connectivity index (χ3n) is 3.78. The van der Waals surface area contributed by atoms with Crippen molar-refractivity contribution in [3.05, 3.63) is 56.5 Å². The van der Waals surface area contributed by atoms with E-state index in [-0.39, 0.29) is 29.6 Å². The molecule has 0 saturated heterocycles. The summed E-state index contributed by atoms with van der Waals surface area (Å²) in [5.41, 5.74) is 1.09. The first-order valence-electron chi connectivity index (χ1n) is 7.75. The first-order chi connectivity index (χ1) is 12.8. The van der Waals surface area contributed by atoms with Gasteiger partial charge < -0.3 is 20.0 Å². The standard InChI is InChI=1S/C16H15N5O5S/c1-20-7-14(23)13(22)5-10(20)6-17-15(24)8-27-16-18-11-3-2-9(21(25)26)4-12(11)19-16/h2-5,7,23H,6,8H2,1H3,(H,17,24)(H,18,19). The normalized spacial score (nSPS) is 10.9. The Hall–Kier alpha value is -3.34. The number of aromatic hydroxyl groups is 1. The van der Waals surface area contributed by atoms with Crippen molar-refractivity contribution in [2.75, 3.05) is 5.75 Å². The van der Waals surface area contributed by atoms with Gasteiger partial charge in [-0.25, -0.2) is 4.98 Å². The summed E-state index contributed by atoms with van der Waals surface area (Å²) < 4.78 is 1.55. The lowest BCUT2D eigenvalue weighted by atomic mass is 10.3. The van der Waals surface area contributed by atoms with Crippen molar-refractivity contribution < 1.29 is 14.8 Å². The van der Waals surface area contributed by atoms with Gasteiger partial charge in [0, 0.05) is 37.1 Å². The number of carbonyl (C=O) groups is 1. The number of hydrogen-bond acceptors (Lipinski definition) is 7. The van der Waals surface area contributed by atoms with Gasteiger partial charge in [0.2, 0.25) is 11.3 Å². The highest BCUT2D eigenvalue weighted by Crippen LogP contribution is 2.23. The molecule has 3 rings (SSSR count). The molecule has 2 heterocycles. The average molecular weight is 389 g/mol. The molecular weight excluding hydrogens is 374 g/mol. The molecule has 0 spiro atoms. The maximum atomic E-state index is 12.0. The molecule has 3 N–H and O–H groups in total. The Kier molecular flexibility index (Phi) is 5.12. The van der Waals surface area contributed by atoms with Gasteiger partial charge in [-0.15, -0.1) is 0 Å². The minimum Gasteiger partial charge on any atom is -0.503 e. The number of thioether (sulfide) groups is 1. The van der Waals surface area contributed by atoms with Gasteiger partial charge >= 0.3 is 0 Å². The zero-order chi connectivity index (χ0) is 19.6. The molecule has 3 aromatic rings. The van der Waals surface area contributed by atoms with Crippen LogP contribution in [-0.4, -0.2) is 36.2 Å². The van der Waals surface area contributed by atoms with E-state index < -0.39 is 10.4 Å². The third kappa shape index (κ3) is 4.26. The van der Waals surface area contributed by atoms with Gasteiger partial charge in [0.15, 0.2) is 10.9 Å². The molecule has 0 unspecified atom stereocenters. The van der Waals surface area contributed by atoms with Crippen molar-refractivity contribution in [3.63, 3.8) is 0 Å². The highest BCUT2D eigenvalue weighted by atomic mass is 32.2. The number of aromatic amines is 1. The molecule has 0 bridgehead atoms. The molecule has 27 heavy (non-hydrogen) atoms. The number of rotatable bonds is 6. The summed E-state index contributed by atoms with van der Waals surface area (Å²) in [6, 6.07) is 5.55. The second-order valence-electron chi connectivity index (χ2n) is 5.69. The number of non-ortho nitro benzene ring substituents is 1. The van der Waals surface area contributed by atoms with Crippen molar-refractivity contribution >= 4 is 34.4 Å². The Bertz CT molecular complexity index is 1090. The summed E-state index contributed by atoms with van der Waals surface area (Å²) in [6.07, 6.45) is 1.28. The van der Waals surface area contributed by atoms with Crippen molar-refractivity contribution in [1.29, 1.82) is 0 Å². The van der Waals surface area contributed by atoms with Crippen LogP contribution in [0.1, 0.15) is 5.69 Å². The Balaban J connectivity index is 1.59. The summed E-state index contributed by atoms with van der Waals surface area (Å²) in [5, 5.41) is 23.3. The number of fused-ring (bicyclic) bond motifs is 1. The number of carbonyl (C=O) groups excluding carboxylic acids is 1. The fourth-order valence-corrected chi connectivity index (χ4v) is 3.08. The zero-order valence-corrected chi connectivity index (χ0v) is 14.9. The number of H-pyrrole nitrogens is 1. The van der Waals surface area contributed by atoms with E-state index in [0.717, 1.165) is 11.8 Å². The maximum absolute atomic E-state index is 12.0. The molecule has 0 aliphatic carbocycles. The van der Waals surface area contributed by atoms with Gasteiger partial charge in [-0.05, 0) is 6.07 Å². The topological polar surface area (TPSA) is 143 Å². The number of aromatic nitrogens is 3. The zero-order valence-electron chi connectivity index (χ0n) is 14.1. The summed E-state index contributed by atoms with van der Waals surface area (Å²) in [6.45, 7) is 0.137. The molecule has 0 radical (unpaired) electrons. The number of hydrogen-bond donors (Lipinski definition) is 3. The Morgan fingerprint density at radius 2 is 2.22 bits per heavy atom. The van der Waals surface area contributed by atoms with Crippen LogP contribution in [0.15, 0.2) is 40.4 Å². The average Bonchev–Trinajstić information content (AvgIpc) is 3.03. The molecule has 140 valence electrons. The van der Waals surface area contributed by atoms with E-state index in [9.17, 15) is 24.8 Å². The van der Waals surface area contributed by atoms with E-state index in [1.807, 2.05) is 0 Å². The fraction of sp³-hybridized carbons (Fsp3) is 0.188. The Morgan fingerprint density at radius 1 is 1.44 bits per heavy atom. The van der Waals surface area contributed by atoms with Crippen LogP contribution in [0.5, 0.6) is 5.75 Å². The molecule has 0 fully saturated rings. The summed E-state index contributed by atoms with van der Waals surface area (Å²) in [7, 11) is 1.66. The molecule has 1 amide bonds. The van der Waals surface area contributed by atoms with Gasteiger partial charge in [0.1, 0.15) is 0 Å². The number of benzene rings is 1. The second-order valence-corrected chi connectivity index (χ2v) is 6.66. The number of nitro groups is 1. The van der Waals surface area contributed by atoms with Crippen LogP contribution in [0, 0.1) is 10.1 Å². The van der Waals surface area contributed by atoms with E-state index in [2.05, 4.69) is 15.3 Å². The molecule has 1 aromatic carbocycles. The second kappa shape index (κ2) is 7.50. The number of nitrogens with zero attached hydrogens (tertiary/aromatic N) is 3. The number of nitro benzene ring substituents is 1. The molecule has 2 aromatic heterocycles. The lowest BCUT2D eigenvalue weighted by Gasteiger charge is -2.09. The first kappa shape index (κ1) is 18.5. The maximum Gasteiger partial charge on any atom is 0.271 e. The summed E-state index contributed by atoms with van der Waals surface area (Å²) in [4.78, 5) is 41.0. The van der Waals surface area contributed by atoms with Crippen LogP contribution in [0.2, 0.25) is 0 Å².